The zero-order chi connectivity index (χ0) is 16.2. The number of nitrogens with one attached hydrogen (secondary N) is 1. The van der Waals surface area contributed by atoms with Gasteiger partial charge in [-0.1, -0.05) is 15.9 Å². The first-order chi connectivity index (χ1) is 9.67. The molecule has 0 aliphatic rings. The van der Waals surface area contributed by atoms with E-state index in [1.165, 1.54) is 0 Å². The molecule has 0 heterocycles. The van der Waals surface area contributed by atoms with Crippen LogP contribution >= 0.6 is 15.9 Å². The van der Waals surface area contributed by atoms with E-state index in [-0.39, 0.29) is 10.9 Å². The number of hydrogen-bond donors (Lipinski definition) is 2. The van der Waals surface area contributed by atoms with Crippen LogP contribution in [0.3, 0.4) is 0 Å². The van der Waals surface area contributed by atoms with E-state index in [2.05, 4.69) is 20.7 Å². The molecule has 5 nitrogen and oxygen atoms in total. The van der Waals surface area contributed by atoms with Gasteiger partial charge in [0, 0.05) is 17.1 Å². The molecule has 0 aromatic heterocycles. The van der Waals surface area contributed by atoms with Crippen molar-refractivity contribution in [3.05, 3.63) is 27.7 Å². The summed E-state index contributed by atoms with van der Waals surface area (Å²) in [7, 11) is 0.384. The Morgan fingerprint density at radius 3 is 2.52 bits per heavy atom. The third-order valence-corrected chi connectivity index (χ3v) is 5.79. The average Bonchev–Trinajstić information content (AvgIpc) is 2.38. The number of sulfonamides is 1. The van der Waals surface area contributed by atoms with Gasteiger partial charge in [-0.15, -0.1) is 0 Å². The molecule has 0 spiro atoms. The van der Waals surface area contributed by atoms with Crippen LogP contribution < -0.4 is 10.5 Å². The molecule has 1 atom stereocenters. The van der Waals surface area contributed by atoms with Crippen LogP contribution in [-0.4, -0.2) is 40.0 Å². The van der Waals surface area contributed by atoms with Gasteiger partial charge in [0.2, 0.25) is 10.0 Å². The van der Waals surface area contributed by atoms with Crippen LogP contribution in [0.5, 0.6) is 0 Å². The predicted octanol–water partition coefficient (Wildman–Crippen LogP) is 1.83. The van der Waals surface area contributed by atoms with Crippen LogP contribution in [0, 0.1) is 6.92 Å². The average molecular weight is 378 g/mol. The second-order valence-electron chi connectivity index (χ2n) is 5.52. The first-order valence-corrected chi connectivity index (χ1v) is 9.11. The summed E-state index contributed by atoms with van der Waals surface area (Å²) in [6, 6.07) is 3.36. The summed E-state index contributed by atoms with van der Waals surface area (Å²) in [5, 5.41) is 0. The molecule has 7 heteroatoms. The Balaban J connectivity index is 3.00. The summed E-state index contributed by atoms with van der Waals surface area (Å²) >= 11 is 3.39. The fourth-order valence-corrected chi connectivity index (χ4v) is 4.18. The van der Waals surface area contributed by atoms with E-state index in [4.69, 9.17) is 5.73 Å². The van der Waals surface area contributed by atoms with Crippen molar-refractivity contribution in [3.8, 4) is 0 Å². The number of nitrogens with two attached hydrogens (primary N) is 1. The van der Waals surface area contributed by atoms with Gasteiger partial charge in [-0.3, -0.25) is 0 Å². The molecule has 1 unspecified atom stereocenters. The summed E-state index contributed by atoms with van der Waals surface area (Å²) in [5.41, 5.74) is 7.10. The Labute approximate surface area is 136 Å². The van der Waals surface area contributed by atoms with Crippen LogP contribution in [0.1, 0.15) is 24.5 Å². The van der Waals surface area contributed by atoms with E-state index in [0.717, 1.165) is 23.0 Å². The fraction of sp³-hybridized carbons (Fsp3) is 0.571. The summed E-state index contributed by atoms with van der Waals surface area (Å²) in [6.45, 7) is 4.79. The van der Waals surface area contributed by atoms with Crippen LogP contribution in [0.2, 0.25) is 0 Å². The van der Waals surface area contributed by atoms with E-state index in [9.17, 15) is 8.42 Å². The van der Waals surface area contributed by atoms with Gasteiger partial charge in [-0.05, 0) is 64.2 Å². The molecule has 1 aromatic rings. The predicted molar refractivity (Wildman–Crippen MR) is 89.7 cm³/mol. The quantitative estimate of drug-likeness (QED) is 0.759. The Hall–Kier alpha value is -0.470. The van der Waals surface area contributed by atoms with E-state index in [1.54, 1.807) is 13.0 Å². The van der Waals surface area contributed by atoms with Gasteiger partial charge >= 0.3 is 0 Å². The van der Waals surface area contributed by atoms with Crippen molar-refractivity contribution in [2.75, 3.05) is 20.6 Å². The van der Waals surface area contributed by atoms with Crippen molar-refractivity contribution in [2.24, 2.45) is 5.73 Å². The molecule has 120 valence electrons. The lowest BCUT2D eigenvalue weighted by Crippen LogP contribution is -2.35. The van der Waals surface area contributed by atoms with Gasteiger partial charge < -0.3 is 10.6 Å². The molecule has 0 radical (unpaired) electrons. The minimum atomic E-state index is -3.55. The molecule has 0 fully saturated rings. The fourth-order valence-electron chi connectivity index (χ4n) is 1.94. The summed E-state index contributed by atoms with van der Waals surface area (Å²) in [4.78, 5) is 2.32. The topological polar surface area (TPSA) is 75.4 Å². The minimum absolute atomic E-state index is 0.128. The third-order valence-electron chi connectivity index (χ3n) is 3.25. The molecule has 0 saturated heterocycles. The van der Waals surface area contributed by atoms with E-state index < -0.39 is 10.0 Å². The summed E-state index contributed by atoms with van der Waals surface area (Å²) < 4.78 is 28.6. The van der Waals surface area contributed by atoms with Crippen molar-refractivity contribution in [1.82, 2.24) is 9.62 Å². The van der Waals surface area contributed by atoms with Crippen molar-refractivity contribution in [3.63, 3.8) is 0 Å². The minimum Gasteiger partial charge on any atom is -0.326 e. The van der Waals surface area contributed by atoms with Gasteiger partial charge in [0.15, 0.2) is 0 Å². The molecular weight excluding hydrogens is 354 g/mol. The van der Waals surface area contributed by atoms with Gasteiger partial charge in [-0.25, -0.2) is 13.1 Å². The molecule has 21 heavy (non-hydrogen) atoms. The Morgan fingerprint density at radius 1 is 1.38 bits per heavy atom. The second kappa shape index (κ2) is 7.69. The first-order valence-electron chi connectivity index (χ1n) is 6.83. The highest BCUT2D eigenvalue weighted by atomic mass is 79.9. The standard InChI is InChI=1S/C14H24BrN3O2S/c1-10(5-6-18(3)4)17-21(19,20)14-8-12(9-16)7-13(15)11(14)2/h7-8,10,17H,5-6,9,16H2,1-4H3. The Kier molecular flexibility index (Phi) is 6.80. The molecule has 0 aliphatic heterocycles. The van der Waals surface area contributed by atoms with Crippen molar-refractivity contribution in [2.45, 2.75) is 37.8 Å². The lowest BCUT2D eigenvalue weighted by Gasteiger charge is -2.18. The third kappa shape index (κ3) is 5.34. The van der Waals surface area contributed by atoms with Crippen molar-refractivity contribution < 1.29 is 8.42 Å². The summed E-state index contributed by atoms with van der Waals surface area (Å²) in [6.07, 6.45) is 0.753. The number of hydrogen-bond acceptors (Lipinski definition) is 4. The largest absolute Gasteiger partial charge is 0.326 e. The van der Waals surface area contributed by atoms with Gasteiger partial charge in [-0.2, -0.15) is 0 Å². The van der Waals surface area contributed by atoms with Crippen LogP contribution in [0.25, 0.3) is 0 Å². The molecule has 0 amide bonds. The maximum atomic E-state index is 12.5. The number of rotatable bonds is 7. The maximum Gasteiger partial charge on any atom is 0.241 e. The Morgan fingerprint density at radius 2 is 2.00 bits per heavy atom. The molecular formula is C14H24BrN3O2S. The smallest absolute Gasteiger partial charge is 0.241 e. The van der Waals surface area contributed by atoms with Crippen molar-refractivity contribution in [1.29, 1.82) is 0 Å². The highest BCUT2D eigenvalue weighted by molar-refractivity contribution is 9.10. The highest BCUT2D eigenvalue weighted by Gasteiger charge is 2.21. The number of nitrogens with zero attached hydrogens (tertiary/aromatic N) is 1. The normalized spacial score (nSPS) is 13.7. The number of benzene rings is 1. The first kappa shape index (κ1) is 18.6. The molecule has 3 N–H and O–H groups in total. The monoisotopic (exact) mass is 377 g/mol. The zero-order valence-corrected chi connectivity index (χ0v) is 15.4. The van der Waals surface area contributed by atoms with E-state index in [0.29, 0.717) is 12.1 Å². The van der Waals surface area contributed by atoms with Crippen molar-refractivity contribution >= 4 is 26.0 Å². The molecule has 0 bridgehead atoms. The lowest BCUT2D eigenvalue weighted by molar-refractivity contribution is 0.379. The van der Waals surface area contributed by atoms with Gasteiger partial charge in [0.05, 0.1) is 4.90 Å². The maximum absolute atomic E-state index is 12.5. The Bertz CT molecular complexity index is 588. The van der Waals surface area contributed by atoms with Crippen LogP contribution in [0.4, 0.5) is 0 Å². The molecule has 0 saturated carbocycles. The molecule has 1 aromatic carbocycles. The van der Waals surface area contributed by atoms with Gasteiger partial charge in [0.25, 0.3) is 0 Å². The molecule has 0 aliphatic carbocycles. The van der Waals surface area contributed by atoms with Crippen LogP contribution in [0.15, 0.2) is 21.5 Å². The van der Waals surface area contributed by atoms with E-state index in [1.807, 2.05) is 32.0 Å². The SMILES string of the molecule is Cc1c(Br)cc(CN)cc1S(=O)(=O)NC(C)CCN(C)C. The lowest BCUT2D eigenvalue weighted by atomic mass is 10.1. The van der Waals surface area contributed by atoms with E-state index >= 15 is 0 Å². The highest BCUT2D eigenvalue weighted by Crippen LogP contribution is 2.26. The van der Waals surface area contributed by atoms with Gasteiger partial charge in [0.1, 0.15) is 0 Å². The summed E-state index contributed by atoms with van der Waals surface area (Å²) in [5.74, 6) is 0. The number of halogens is 1. The molecule has 1 rings (SSSR count). The van der Waals surface area contributed by atoms with Crippen LogP contribution in [-0.2, 0) is 16.6 Å². The second-order valence-corrected chi connectivity index (χ2v) is 8.06. The zero-order valence-electron chi connectivity index (χ0n) is 13.0.